The number of hydrogen-bond donors (Lipinski definition) is 0. The molecule has 1 aromatic rings. The normalized spacial score (nSPS) is 12.6. The Morgan fingerprint density at radius 2 is 2.00 bits per heavy atom. The van der Waals surface area contributed by atoms with Gasteiger partial charge in [0.2, 0.25) is 12.2 Å². The van der Waals surface area contributed by atoms with Gasteiger partial charge in [0.25, 0.3) is 6.43 Å². The molecule has 0 aliphatic heterocycles. The van der Waals surface area contributed by atoms with Crippen molar-refractivity contribution in [1.82, 2.24) is 4.90 Å². The zero-order chi connectivity index (χ0) is 13.9. The minimum absolute atomic E-state index is 0.225. The maximum atomic E-state index is 13.2. The molecule has 1 rings (SSSR count). The van der Waals surface area contributed by atoms with E-state index in [1.54, 1.807) is 0 Å². The summed E-state index contributed by atoms with van der Waals surface area (Å²) in [4.78, 5) is 11.8. The van der Waals surface area contributed by atoms with Gasteiger partial charge in [-0.3, -0.25) is 4.79 Å². The molecule has 1 atom stereocenters. The van der Waals surface area contributed by atoms with E-state index >= 15 is 0 Å². The zero-order valence-electron chi connectivity index (χ0n) is 9.34. The number of benzene rings is 1. The summed E-state index contributed by atoms with van der Waals surface area (Å²) in [6, 6.07) is 3.93. The fraction of sp³-hybridized carbons (Fsp3) is 0.364. The van der Waals surface area contributed by atoms with E-state index < -0.39 is 24.4 Å². The maximum Gasteiger partial charge on any atom is 0.287 e. The lowest BCUT2D eigenvalue weighted by atomic mass is 10.1. The number of rotatable bonds is 4. The minimum atomic E-state index is -3.26. The molecular weight excluding hydrogens is 318 g/mol. The maximum absolute atomic E-state index is 13.2. The topological polar surface area (TPSA) is 20.3 Å². The van der Waals surface area contributed by atoms with Crippen LogP contribution in [-0.2, 0) is 11.2 Å². The number of hydrogen-bond acceptors (Lipinski definition) is 1. The second-order valence-corrected chi connectivity index (χ2v) is 4.49. The van der Waals surface area contributed by atoms with Crippen LogP contribution >= 0.6 is 15.9 Å². The predicted octanol–water partition coefficient (Wildman–Crippen LogP) is 3.15. The second-order valence-electron chi connectivity index (χ2n) is 3.64. The van der Waals surface area contributed by atoms with Crippen molar-refractivity contribution >= 4 is 21.8 Å². The molecule has 0 radical (unpaired) electrons. The number of amides is 1. The molecule has 0 aliphatic carbocycles. The first-order chi connectivity index (χ1) is 8.32. The van der Waals surface area contributed by atoms with Crippen LogP contribution in [0.25, 0.3) is 0 Å². The number of halogens is 5. The third kappa shape index (κ3) is 3.69. The van der Waals surface area contributed by atoms with Crippen LogP contribution < -0.4 is 0 Å². The molecular formula is C11H10BrF4NO. The SMILES string of the molecule is CN(C(=O)Cc1ccc(Br)c(F)c1)C(F)C(F)F. The summed E-state index contributed by atoms with van der Waals surface area (Å²) in [5.74, 6) is -1.42. The third-order valence-corrected chi connectivity index (χ3v) is 2.95. The quantitative estimate of drug-likeness (QED) is 0.614. The van der Waals surface area contributed by atoms with Crippen LogP contribution in [0.3, 0.4) is 0 Å². The van der Waals surface area contributed by atoms with E-state index in [9.17, 15) is 22.4 Å². The van der Waals surface area contributed by atoms with E-state index in [0.29, 0.717) is 4.90 Å². The van der Waals surface area contributed by atoms with Crippen LogP contribution in [0.5, 0.6) is 0 Å². The smallest absolute Gasteiger partial charge is 0.287 e. The fourth-order valence-corrected chi connectivity index (χ4v) is 1.50. The summed E-state index contributed by atoms with van der Waals surface area (Å²) < 4.78 is 50.4. The summed E-state index contributed by atoms with van der Waals surface area (Å²) in [5, 5.41) is 0. The standard InChI is InChI=1S/C11H10BrF4NO/c1-17(11(16)10(14)15)9(18)5-6-2-3-7(12)8(13)4-6/h2-4,10-11H,5H2,1H3. The molecule has 18 heavy (non-hydrogen) atoms. The molecule has 0 heterocycles. The van der Waals surface area contributed by atoms with E-state index in [2.05, 4.69) is 15.9 Å². The highest BCUT2D eigenvalue weighted by atomic mass is 79.9. The van der Waals surface area contributed by atoms with Gasteiger partial charge in [-0.2, -0.15) is 0 Å². The van der Waals surface area contributed by atoms with Crippen LogP contribution in [-0.4, -0.2) is 30.6 Å². The molecule has 0 aromatic heterocycles. The summed E-state index contributed by atoms with van der Waals surface area (Å²) in [6.07, 6.45) is -6.26. The Labute approximate surface area is 110 Å². The van der Waals surface area contributed by atoms with Gasteiger partial charge in [0, 0.05) is 7.05 Å². The van der Waals surface area contributed by atoms with E-state index in [0.717, 1.165) is 13.1 Å². The van der Waals surface area contributed by atoms with Crippen molar-refractivity contribution in [2.75, 3.05) is 7.05 Å². The molecule has 7 heteroatoms. The molecule has 0 saturated carbocycles. The van der Waals surface area contributed by atoms with Gasteiger partial charge in [0.15, 0.2) is 0 Å². The molecule has 0 N–H and O–H groups in total. The van der Waals surface area contributed by atoms with Gasteiger partial charge in [-0.1, -0.05) is 6.07 Å². The largest absolute Gasteiger partial charge is 0.311 e. The van der Waals surface area contributed by atoms with Gasteiger partial charge in [-0.05, 0) is 33.6 Å². The van der Waals surface area contributed by atoms with Crippen molar-refractivity contribution < 1.29 is 22.4 Å². The Morgan fingerprint density at radius 3 is 2.50 bits per heavy atom. The van der Waals surface area contributed by atoms with Crippen molar-refractivity contribution in [2.45, 2.75) is 19.1 Å². The van der Waals surface area contributed by atoms with Crippen molar-refractivity contribution in [3.8, 4) is 0 Å². The van der Waals surface area contributed by atoms with Crippen LogP contribution in [0.1, 0.15) is 5.56 Å². The van der Waals surface area contributed by atoms with Crippen LogP contribution in [0.2, 0.25) is 0 Å². The van der Waals surface area contributed by atoms with Gasteiger partial charge in [0.1, 0.15) is 5.82 Å². The average molecular weight is 328 g/mol. The van der Waals surface area contributed by atoms with Gasteiger partial charge >= 0.3 is 0 Å². The highest BCUT2D eigenvalue weighted by molar-refractivity contribution is 9.10. The third-order valence-electron chi connectivity index (χ3n) is 2.31. The Kier molecular flexibility index (Phi) is 5.13. The molecule has 1 aromatic carbocycles. The number of carbonyl (C=O) groups excluding carboxylic acids is 1. The number of alkyl halides is 3. The van der Waals surface area contributed by atoms with Crippen molar-refractivity contribution in [1.29, 1.82) is 0 Å². The van der Waals surface area contributed by atoms with Crippen molar-refractivity contribution in [3.05, 3.63) is 34.1 Å². The lowest BCUT2D eigenvalue weighted by molar-refractivity contribution is -0.141. The first-order valence-corrected chi connectivity index (χ1v) is 5.74. The fourth-order valence-electron chi connectivity index (χ4n) is 1.26. The van der Waals surface area contributed by atoms with Gasteiger partial charge < -0.3 is 4.90 Å². The van der Waals surface area contributed by atoms with Crippen molar-refractivity contribution in [3.63, 3.8) is 0 Å². The highest BCUT2D eigenvalue weighted by Crippen LogP contribution is 2.18. The molecule has 1 unspecified atom stereocenters. The van der Waals surface area contributed by atoms with Crippen molar-refractivity contribution in [2.24, 2.45) is 0 Å². The van der Waals surface area contributed by atoms with Crippen LogP contribution in [0.15, 0.2) is 22.7 Å². The Hall–Kier alpha value is -1.11. The van der Waals surface area contributed by atoms with Crippen LogP contribution in [0, 0.1) is 5.82 Å². The van der Waals surface area contributed by atoms with Gasteiger partial charge in [-0.25, -0.2) is 17.6 Å². The molecule has 100 valence electrons. The highest BCUT2D eigenvalue weighted by Gasteiger charge is 2.27. The zero-order valence-corrected chi connectivity index (χ0v) is 10.9. The lowest BCUT2D eigenvalue weighted by Crippen LogP contribution is -2.39. The van der Waals surface area contributed by atoms with E-state index in [4.69, 9.17) is 0 Å². The monoisotopic (exact) mass is 327 g/mol. The summed E-state index contributed by atoms with van der Waals surface area (Å²) in [7, 11) is 0.939. The molecule has 0 aliphatic rings. The number of carbonyl (C=O) groups is 1. The van der Waals surface area contributed by atoms with E-state index in [1.807, 2.05) is 0 Å². The predicted molar refractivity (Wildman–Crippen MR) is 61.5 cm³/mol. The second kappa shape index (κ2) is 6.17. The molecule has 0 saturated heterocycles. The summed E-state index contributed by atoms with van der Waals surface area (Å²) in [5.41, 5.74) is 0.286. The van der Waals surface area contributed by atoms with E-state index in [-0.39, 0.29) is 16.5 Å². The number of nitrogens with zero attached hydrogens (tertiary/aromatic N) is 1. The molecule has 0 spiro atoms. The first-order valence-electron chi connectivity index (χ1n) is 4.94. The molecule has 1 amide bonds. The Morgan fingerprint density at radius 1 is 1.39 bits per heavy atom. The van der Waals surface area contributed by atoms with Crippen LogP contribution in [0.4, 0.5) is 17.6 Å². The summed E-state index contributed by atoms with van der Waals surface area (Å²) in [6.45, 7) is 0. The first kappa shape index (κ1) is 14.9. The Bertz CT molecular complexity index is 441. The molecule has 0 fully saturated rings. The molecule has 2 nitrogen and oxygen atoms in total. The van der Waals surface area contributed by atoms with Gasteiger partial charge in [-0.15, -0.1) is 0 Å². The average Bonchev–Trinajstić information content (AvgIpc) is 2.31. The summed E-state index contributed by atoms with van der Waals surface area (Å²) >= 11 is 2.94. The minimum Gasteiger partial charge on any atom is -0.311 e. The van der Waals surface area contributed by atoms with Gasteiger partial charge in [0.05, 0.1) is 10.9 Å². The van der Waals surface area contributed by atoms with E-state index in [1.165, 1.54) is 12.1 Å². The Balaban J connectivity index is 2.72. The molecule has 0 bridgehead atoms. The number of likely N-dealkylation sites (N-methyl/N-ethyl adjacent to an activating group) is 1. The lowest BCUT2D eigenvalue weighted by Gasteiger charge is -2.21.